The molecule has 1 unspecified atom stereocenters. The van der Waals surface area contributed by atoms with E-state index in [9.17, 15) is 14.4 Å². The Bertz CT molecular complexity index is 633. The van der Waals surface area contributed by atoms with Gasteiger partial charge in [0, 0.05) is 13.3 Å². The zero-order valence-corrected chi connectivity index (χ0v) is 19.7. The lowest BCUT2D eigenvalue weighted by Crippen LogP contribution is -2.81. The van der Waals surface area contributed by atoms with Crippen molar-refractivity contribution in [3.05, 3.63) is 12.7 Å². The van der Waals surface area contributed by atoms with E-state index in [0.717, 1.165) is 0 Å². The van der Waals surface area contributed by atoms with Gasteiger partial charge >= 0.3 is 12.1 Å². The summed E-state index contributed by atoms with van der Waals surface area (Å²) in [6.45, 7) is 20.9. The van der Waals surface area contributed by atoms with E-state index < -0.39 is 44.1 Å². The average molecular weight is 413 g/mol. The fourth-order valence-corrected chi connectivity index (χ4v) is 5.59. The van der Waals surface area contributed by atoms with Crippen molar-refractivity contribution in [3.8, 4) is 0 Å². The van der Waals surface area contributed by atoms with E-state index in [2.05, 4.69) is 45.8 Å². The predicted molar refractivity (Wildman–Crippen MR) is 111 cm³/mol. The minimum absolute atomic E-state index is 0.104. The number of esters is 1. The summed E-state index contributed by atoms with van der Waals surface area (Å²) in [6, 6.07) is -1.25. The molecular weight excluding hydrogens is 376 g/mol. The number of carbonyl (C=O) groups is 3. The van der Waals surface area contributed by atoms with Gasteiger partial charge in [-0.15, -0.1) is 6.58 Å². The SMILES string of the molecule is C=CCC(OC(C)=O)[C@H]1[C@@H](NC(=O)OC(C)(C)C)C(=O)N1[Si](C)(C)C(C)(C)C. The van der Waals surface area contributed by atoms with Gasteiger partial charge in [0.25, 0.3) is 0 Å². The van der Waals surface area contributed by atoms with Gasteiger partial charge in [0.15, 0.2) is 8.24 Å². The Morgan fingerprint density at radius 2 is 1.79 bits per heavy atom. The summed E-state index contributed by atoms with van der Waals surface area (Å²) in [6.07, 6.45) is 0.799. The highest BCUT2D eigenvalue weighted by molar-refractivity contribution is 6.80. The van der Waals surface area contributed by atoms with E-state index in [4.69, 9.17) is 9.47 Å². The minimum Gasteiger partial charge on any atom is -0.460 e. The number of amides is 2. The molecule has 0 aromatic rings. The molecule has 8 heteroatoms. The number of hydrogen-bond acceptors (Lipinski definition) is 5. The Morgan fingerprint density at radius 1 is 1.25 bits per heavy atom. The maximum atomic E-state index is 13.1. The summed E-state index contributed by atoms with van der Waals surface area (Å²) in [5, 5.41) is 2.58. The molecule has 0 aromatic carbocycles. The third-order valence-electron chi connectivity index (χ3n) is 5.35. The number of ether oxygens (including phenoxy) is 2. The zero-order chi connectivity index (χ0) is 22.1. The topological polar surface area (TPSA) is 84.9 Å². The molecule has 0 aliphatic carbocycles. The monoisotopic (exact) mass is 412 g/mol. The quantitative estimate of drug-likeness (QED) is 0.312. The fraction of sp³-hybridized carbons (Fsp3) is 0.750. The van der Waals surface area contributed by atoms with Gasteiger partial charge in [-0.3, -0.25) is 9.59 Å². The van der Waals surface area contributed by atoms with Gasteiger partial charge in [-0.1, -0.05) is 39.9 Å². The Hall–Kier alpha value is -1.83. The second-order valence-corrected chi connectivity index (χ2v) is 14.9. The Balaban J connectivity index is 3.24. The molecule has 160 valence electrons. The van der Waals surface area contributed by atoms with E-state index in [0.29, 0.717) is 6.42 Å². The van der Waals surface area contributed by atoms with Crippen LogP contribution < -0.4 is 5.32 Å². The van der Waals surface area contributed by atoms with Crippen molar-refractivity contribution in [1.29, 1.82) is 0 Å². The standard InChI is InChI=1S/C20H36N2O5Si/c1-11-12-14(26-13(2)23)16-15(21-18(25)27-19(3,4)5)17(24)22(16)28(9,10)20(6,7)8/h11,14-16H,1,12H2,2-10H3,(H,21,25)/t14?,15-,16+/m1/s1. The molecule has 0 spiro atoms. The van der Waals surface area contributed by atoms with E-state index in [-0.39, 0.29) is 10.9 Å². The maximum absolute atomic E-state index is 13.1. The Kier molecular flexibility index (Phi) is 7.15. The molecule has 7 nitrogen and oxygen atoms in total. The van der Waals surface area contributed by atoms with Gasteiger partial charge in [0.05, 0.1) is 6.04 Å². The molecule has 1 saturated heterocycles. The van der Waals surface area contributed by atoms with E-state index in [1.54, 1.807) is 26.8 Å². The van der Waals surface area contributed by atoms with E-state index >= 15 is 0 Å². The minimum atomic E-state index is -2.26. The van der Waals surface area contributed by atoms with Gasteiger partial charge < -0.3 is 19.4 Å². The van der Waals surface area contributed by atoms with Crippen molar-refractivity contribution >= 4 is 26.2 Å². The molecule has 1 aliphatic heterocycles. The van der Waals surface area contributed by atoms with Crippen LogP contribution >= 0.6 is 0 Å². The molecule has 1 aliphatic rings. The molecule has 1 N–H and O–H groups in total. The van der Waals surface area contributed by atoms with Gasteiger partial charge in [-0.05, 0) is 25.8 Å². The van der Waals surface area contributed by atoms with Gasteiger partial charge in [-0.25, -0.2) is 4.79 Å². The second-order valence-electron chi connectivity index (χ2n) is 9.80. The molecule has 0 bridgehead atoms. The molecule has 1 rings (SSSR count). The summed E-state index contributed by atoms with van der Waals surface area (Å²) in [7, 11) is -2.26. The molecule has 1 fully saturated rings. The number of rotatable bonds is 6. The van der Waals surface area contributed by atoms with Crippen LogP contribution in [0.2, 0.25) is 18.1 Å². The van der Waals surface area contributed by atoms with Crippen LogP contribution in [0.25, 0.3) is 0 Å². The molecule has 0 aromatic heterocycles. The van der Waals surface area contributed by atoms with Crippen molar-refractivity contribution in [2.24, 2.45) is 0 Å². The van der Waals surface area contributed by atoms with Crippen molar-refractivity contribution in [2.45, 2.75) is 96.8 Å². The summed E-state index contributed by atoms with van der Waals surface area (Å²) < 4.78 is 12.7. The molecule has 3 atom stereocenters. The molecular formula is C20H36N2O5Si. The number of alkyl carbamates (subject to hydrolysis) is 1. The average Bonchev–Trinajstić information content (AvgIpc) is 2.45. The first kappa shape index (κ1) is 24.2. The first-order valence-electron chi connectivity index (χ1n) is 9.63. The zero-order valence-electron chi connectivity index (χ0n) is 18.7. The number of nitrogens with one attached hydrogen (secondary N) is 1. The summed E-state index contributed by atoms with van der Waals surface area (Å²) in [4.78, 5) is 37.0. The largest absolute Gasteiger partial charge is 0.460 e. The highest BCUT2D eigenvalue weighted by Crippen LogP contribution is 2.44. The van der Waals surface area contributed by atoms with Crippen LogP contribution in [0.4, 0.5) is 4.79 Å². The van der Waals surface area contributed by atoms with Crippen LogP contribution in [-0.2, 0) is 19.1 Å². The lowest BCUT2D eigenvalue weighted by atomic mass is 9.91. The molecule has 0 radical (unpaired) electrons. The molecule has 2 amide bonds. The molecule has 1 heterocycles. The van der Waals surface area contributed by atoms with Crippen molar-refractivity contribution in [2.75, 3.05) is 0 Å². The maximum Gasteiger partial charge on any atom is 0.408 e. The second kappa shape index (κ2) is 8.27. The van der Waals surface area contributed by atoms with Gasteiger partial charge in [0.1, 0.15) is 17.7 Å². The van der Waals surface area contributed by atoms with Crippen LogP contribution in [0, 0.1) is 0 Å². The Labute approximate surface area is 169 Å². The van der Waals surface area contributed by atoms with Crippen LogP contribution in [0.3, 0.4) is 0 Å². The summed E-state index contributed by atoms with van der Waals surface area (Å²) in [5.74, 6) is -0.596. The van der Waals surface area contributed by atoms with E-state index in [1.165, 1.54) is 6.92 Å². The van der Waals surface area contributed by atoms with Gasteiger partial charge in [-0.2, -0.15) is 0 Å². The van der Waals surface area contributed by atoms with Crippen molar-refractivity contribution in [1.82, 2.24) is 9.88 Å². The van der Waals surface area contributed by atoms with Crippen LogP contribution in [0.5, 0.6) is 0 Å². The lowest BCUT2D eigenvalue weighted by Gasteiger charge is -2.59. The third-order valence-corrected chi connectivity index (χ3v) is 10.7. The van der Waals surface area contributed by atoms with Crippen LogP contribution in [0.1, 0.15) is 54.9 Å². The number of carbonyl (C=O) groups excluding carboxylic acids is 3. The third kappa shape index (κ3) is 5.37. The summed E-state index contributed by atoms with van der Waals surface area (Å²) >= 11 is 0. The Morgan fingerprint density at radius 3 is 2.18 bits per heavy atom. The predicted octanol–water partition coefficient (Wildman–Crippen LogP) is 3.60. The number of nitrogens with zero attached hydrogens (tertiary/aromatic N) is 1. The highest BCUT2D eigenvalue weighted by Gasteiger charge is 2.60. The normalized spacial score (nSPS) is 21.5. The first-order valence-corrected chi connectivity index (χ1v) is 12.6. The van der Waals surface area contributed by atoms with Crippen molar-refractivity contribution < 1.29 is 23.9 Å². The van der Waals surface area contributed by atoms with Crippen molar-refractivity contribution in [3.63, 3.8) is 0 Å². The molecule has 0 saturated carbocycles. The smallest absolute Gasteiger partial charge is 0.408 e. The van der Waals surface area contributed by atoms with Crippen LogP contribution in [0.15, 0.2) is 12.7 Å². The highest BCUT2D eigenvalue weighted by atomic mass is 28.3. The molecule has 28 heavy (non-hydrogen) atoms. The fourth-order valence-electron chi connectivity index (χ4n) is 3.12. The first-order chi connectivity index (χ1) is 12.5. The summed E-state index contributed by atoms with van der Waals surface area (Å²) in [5.41, 5.74) is -0.679. The van der Waals surface area contributed by atoms with Crippen LogP contribution in [-0.4, -0.2) is 54.6 Å². The lowest BCUT2D eigenvalue weighted by molar-refractivity contribution is -0.162. The number of β-lactam (4-membered cyclic amide) rings is 1. The van der Waals surface area contributed by atoms with Gasteiger partial charge in [0.2, 0.25) is 5.91 Å². The van der Waals surface area contributed by atoms with E-state index in [1.807, 2.05) is 4.57 Å². The number of hydrogen-bond donors (Lipinski definition) is 1.